The van der Waals surface area contributed by atoms with Gasteiger partial charge in [0.05, 0.1) is 36.0 Å². The minimum absolute atomic E-state index is 0.00972. The molecule has 0 atom stereocenters. The van der Waals surface area contributed by atoms with Crippen LogP contribution in [0.2, 0.25) is 0 Å². The molecule has 4 aromatic rings. The van der Waals surface area contributed by atoms with E-state index in [-0.39, 0.29) is 29.6 Å². The molecule has 1 aromatic heterocycles. The lowest BCUT2D eigenvalue weighted by Crippen LogP contribution is -2.29. The Morgan fingerprint density at radius 2 is 1.75 bits per heavy atom. The predicted molar refractivity (Wildman–Crippen MR) is 130 cm³/mol. The first-order valence-corrected chi connectivity index (χ1v) is 11.1. The first-order valence-electron chi connectivity index (χ1n) is 11.1. The van der Waals surface area contributed by atoms with E-state index in [9.17, 15) is 18.8 Å². The molecule has 0 fully saturated rings. The van der Waals surface area contributed by atoms with Gasteiger partial charge in [-0.1, -0.05) is 18.2 Å². The van der Waals surface area contributed by atoms with Gasteiger partial charge >= 0.3 is 0 Å². The van der Waals surface area contributed by atoms with Crippen molar-refractivity contribution in [1.29, 1.82) is 0 Å². The van der Waals surface area contributed by atoms with Crippen LogP contribution in [0.3, 0.4) is 0 Å². The minimum Gasteiger partial charge on any atom is -0.496 e. The van der Waals surface area contributed by atoms with Crippen LogP contribution in [0.5, 0.6) is 5.75 Å². The third-order valence-electron chi connectivity index (χ3n) is 6.02. The normalized spacial score (nSPS) is 12.6. The second-order valence-electron chi connectivity index (χ2n) is 8.24. The Labute approximate surface area is 205 Å². The molecule has 0 spiro atoms. The molecule has 9 heteroatoms. The molecule has 0 bridgehead atoms. The number of fused-ring (bicyclic) bond motifs is 1. The monoisotopic (exact) mass is 484 g/mol. The van der Waals surface area contributed by atoms with Crippen molar-refractivity contribution in [3.63, 3.8) is 0 Å². The summed E-state index contributed by atoms with van der Waals surface area (Å²) in [7, 11) is 1.43. The number of carbonyl (C=O) groups excluding carboxylic acids is 3. The molecule has 180 valence electrons. The number of ether oxygens (including phenoxy) is 1. The number of benzene rings is 3. The van der Waals surface area contributed by atoms with Gasteiger partial charge < -0.3 is 14.6 Å². The van der Waals surface area contributed by atoms with Gasteiger partial charge in [-0.3, -0.25) is 19.3 Å². The lowest BCUT2D eigenvalue weighted by atomic mass is 10.1. The minimum atomic E-state index is -0.528. The molecule has 5 rings (SSSR count). The summed E-state index contributed by atoms with van der Waals surface area (Å²) < 4.78 is 21.7. The van der Waals surface area contributed by atoms with Gasteiger partial charge in [-0.05, 0) is 55.0 Å². The number of hydrogen-bond donors (Lipinski definition) is 1. The van der Waals surface area contributed by atoms with Crippen molar-refractivity contribution in [3.05, 3.63) is 107 Å². The number of methoxy groups -OCH3 is 1. The average Bonchev–Trinajstić information content (AvgIpc) is 3.41. The molecule has 0 aliphatic carbocycles. The van der Waals surface area contributed by atoms with E-state index in [2.05, 4.69) is 10.3 Å². The third-order valence-corrected chi connectivity index (χ3v) is 6.02. The van der Waals surface area contributed by atoms with Gasteiger partial charge in [0.25, 0.3) is 17.7 Å². The fourth-order valence-corrected chi connectivity index (χ4v) is 4.21. The molecule has 1 aliphatic heterocycles. The zero-order chi connectivity index (χ0) is 25.4. The summed E-state index contributed by atoms with van der Waals surface area (Å²) in [6, 6.07) is 15.8. The van der Waals surface area contributed by atoms with E-state index in [0.29, 0.717) is 34.0 Å². The molecular weight excluding hydrogens is 463 g/mol. The second-order valence-corrected chi connectivity index (χ2v) is 8.24. The summed E-state index contributed by atoms with van der Waals surface area (Å²) in [5.74, 6) is -0.903. The summed E-state index contributed by atoms with van der Waals surface area (Å²) >= 11 is 0. The predicted octanol–water partition coefficient (Wildman–Crippen LogP) is 4.38. The number of anilines is 1. The number of carbonyl (C=O) groups is 3. The maximum Gasteiger partial charge on any atom is 0.261 e. The van der Waals surface area contributed by atoms with Crippen LogP contribution in [0.15, 0.2) is 73.1 Å². The fourth-order valence-electron chi connectivity index (χ4n) is 4.21. The Morgan fingerprint density at radius 3 is 2.36 bits per heavy atom. The number of halogens is 1. The van der Waals surface area contributed by atoms with Crippen molar-refractivity contribution in [1.82, 2.24) is 14.5 Å². The summed E-state index contributed by atoms with van der Waals surface area (Å²) in [6.07, 6.45) is 3.22. The smallest absolute Gasteiger partial charge is 0.261 e. The topological polar surface area (TPSA) is 93.5 Å². The highest BCUT2D eigenvalue weighted by Gasteiger charge is 2.35. The van der Waals surface area contributed by atoms with E-state index in [1.807, 2.05) is 0 Å². The van der Waals surface area contributed by atoms with Crippen molar-refractivity contribution in [2.75, 3.05) is 12.4 Å². The van der Waals surface area contributed by atoms with Crippen LogP contribution >= 0.6 is 0 Å². The summed E-state index contributed by atoms with van der Waals surface area (Å²) in [4.78, 5) is 43.8. The lowest BCUT2D eigenvalue weighted by molar-refractivity contribution is 0.0642. The van der Waals surface area contributed by atoms with E-state index < -0.39 is 11.7 Å². The summed E-state index contributed by atoms with van der Waals surface area (Å²) in [6.45, 7) is 1.75. The van der Waals surface area contributed by atoms with Crippen LogP contribution in [0.1, 0.15) is 42.5 Å². The van der Waals surface area contributed by atoms with Gasteiger partial charge in [0.2, 0.25) is 0 Å². The van der Waals surface area contributed by atoms with Crippen LogP contribution in [-0.2, 0) is 6.54 Å². The zero-order valence-electron chi connectivity index (χ0n) is 19.5. The van der Waals surface area contributed by atoms with Crippen LogP contribution in [-0.4, -0.2) is 39.3 Å². The van der Waals surface area contributed by atoms with Gasteiger partial charge in [0.15, 0.2) is 0 Å². The van der Waals surface area contributed by atoms with E-state index in [0.717, 1.165) is 4.90 Å². The first-order chi connectivity index (χ1) is 17.4. The zero-order valence-corrected chi connectivity index (χ0v) is 19.5. The molecule has 0 saturated heterocycles. The van der Waals surface area contributed by atoms with Crippen LogP contribution in [0, 0.1) is 12.7 Å². The maximum absolute atomic E-state index is 14.8. The number of rotatable bonds is 6. The second kappa shape index (κ2) is 9.10. The SMILES string of the molecule is COc1ccc(CN2C(=O)c3ccccc3C2=O)cc1C(=O)Nc1ccc(-n2ccnc2C)c(F)c1. The number of nitrogens with zero attached hydrogens (tertiary/aromatic N) is 3. The third kappa shape index (κ3) is 4.00. The Balaban J connectivity index is 1.38. The Hall–Kier alpha value is -4.79. The van der Waals surface area contributed by atoms with Gasteiger partial charge in [-0.25, -0.2) is 9.37 Å². The lowest BCUT2D eigenvalue weighted by Gasteiger charge is -2.16. The van der Waals surface area contributed by atoms with Gasteiger partial charge in [0.1, 0.15) is 17.4 Å². The average molecular weight is 484 g/mol. The van der Waals surface area contributed by atoms with Gasteiger partial charge in [0, 0.05) is 18.1 Å². The highest BCUT2D eigenvalue weighted by molar-refractivity contribution is 6.21. The highest BCUT2D eigenvalue weighted by Crippen LogP contribution is 2.27. The number of aryl methyl sites for hydroxylation is 1. The Kier molecular flexibility index (Phi) is 5.81. The molecule has 2 heterocycles. The molecule has 1 N–H and O–H groups in total. The molecule has 0 radical (unpaired) electrons. The first kappa shape index (κ1) is 23.0. The van der Waals surface area contributed by atoms with Crippen molar-refractivity contribution in [2.24, 2.45) is 0 Å². The quantitative estimate of drug-likeness (QED) is 0.410. The van der Waals surface area contributed by atoms with E-state index in [4.69, 9.17) is 4.74 Å². The van der Waals surface area contributed by atoms with Crippen molar-refractivity contribution < 1.29 is 23.5 Å². The standard InChI is InChI=1S/C27H21FN4O4/c1-16-29-11-12-31(16)23-9-8-18(14-22(23)28)30-25(33)21-13-17(7-10-24(21)36-2)15-32-26(34)19-5-3-4-6-20(19)27(32)35/h3-14H,15H2,1-2H3,(H,30,33). The molecule has 36 heavy (non-hydrogen) atoms. The number of imide groups is 1. The van der Waals surface area contributed by atoms with Gasteiger partial charge in [-0.2, -0.15) is 0 Å². The van der Waals surface area contributed by atoms with Crippen LogP contribution < -0.4 is 10.1 Å². The highest BCUT2D eigenvalue weighted by atomic mass is 19.1. The van der Waals surface area contributed by atoms with Gasteiger partial charge in [-0.15, -0.1) is 0 Å². The molecule has 3 amide bonds. The number of hydrogen-bond acceptors (Lipinski definition) is 5. The molecular formula is C27H21FN4O4. The Morgan fingerprint density at radius 1 is 1.03 bits per heavy atom. The number of aromatic nitrogens is 2. The number of amides is 3. The number of imidazole rings is 1. The van der Waals surface area contributed by atoms with Crippen molar-refractivity contribution >= 4 is 23.4 Å². The molecule has 0 unspecified atom stereocenters. The van der Waals surface area contributed by atoms with E-state index >= 15 is 0 Å². The van der Waals surface area contributed by atoms with Crippen LogP contribution in [0.4, 0.5) is 10.1 Å². The summed E-state index contributed by atoms with van der Waals surface area (Å²) in [5, 5.41) is 2.68. The molecule has 0 saturated carbocycles. The molecule has 8 nitrogen and oxygen atoms in total. The molecule has 3 aromatic carbocycles. The largest absolute Gasteiger partial charge is 0.496 e. The number of nitrogens with one attached hydrogen (secondary N) is 1. The van der Waals surface area contributed by atoms with E-state index in [1.165, 1.54) is 13.2 Å². The van der Waals surface area contributed by atoms with E-state index in [1.54, 1.807) is 78.5 Å². The fraction of sp³-hybridized carbons (Fsp3) is 0.111. The van der Waals surface area contributed by atoms with Crippen LogP contribution in [0.25, 0.3) is 5.69 Å². The summed E-state index contributed by atoms with van der Waals surface area (Å²) in [5.41, 5.74) is 2.01. The van der Waals surface area contributed by atoms with Crippen molar-refractivity contribution in [2.45, 2.75) is 13.5 Å². The van der Waals surface area contributed by atoms with Crippen molar-refractivity contribution in [3.8, 4) is 11.4 Å². The molecule has 1 aliphatic rings. The Bertz CT molecular complexity index is 1490. The maximum atomic E-state index is 14.8.